The molecule has 4 N–H and O–H groups in total. The molecule has 12 nitrogen and oxygen atoms in total. The Hall–Kier alpha value is -2.54. The van der Waals surface area contributed by atoms with E-state index in [1.54, 1.807) is 13.8 Å². The van der Waals surface area contributed by atoms with Crippen LogP contribution in [0.3, 0.4) is 0 Å². The molecular weight excluding hydrogens is 672 g/mol. The number of carbonyl (C=O) groups is 4. The van der Waals surface area contributed by atoms with Crippen molar-refractivity contribution in [2.24, 2.45) is 39.4 Å². The molecule has 5 aliphatic rings. The highest BCUT2D eigenvalue weighted by Crippen LogP contribution is 2.73. The van der Waals surface area contributed by atoms with Crippen molar-refractivity contribution >= 4 is 23.9 Å². The van der Waals surface area contributed by atoms with Crippen LogP contribution in [0.5, 0.6) is 0 Å². The number of fused-ring (bicyclic) bond motifs is 4. The highest BCUT2D eigenvalue weighted by molar-refractivity contribution is 5.74. The summed E-state index contributed by atoms with van der Waals surface area (Å²) in [4.78, 5) is 50.1. The van der Waals surface area contributed by atoms with Gasteiger partial charge in [0.1, 0.15) is 18.3 Å². The molecule has 4 aliphatic carbocycles. The Balaban J connectivity index is 1.55. The molecule has 0 radical (unpaired) electrons. The first-order valence-electron chi connectivity index (χ1n) is 19.0. The third-order valence-electron chi connectivity index (χ3n) is 14.4. The molecule has 1 saturated heterocycles. The molecule has 0 amide bonds. The van der Waals surface area contributed by atoms with Crippen molar-refractivity contribution < 1.29 is 58.6 Å². The van der Waals surface area contributed by atoms with Crippen LogP contribution in [0.15, 0.2) is 11.1 Å². The van der Waals surface area contributed by atoms with E-state index < -0.39 is 94.3 Å². The Kier molecular flexibility index (Phi) is 10.7. The number of ether oxygens (including phenoxy) is 4. The van der Waals surface area contributed by atoms with Crippen molar-refractivity contribution in [3.63, 3.8) is 0 Å². The lowest BCUT2D eigenvalue weighted by Crippen LogP contribution is -2.63. The van der Waals surface area contributed by atoms with Crippen LogP contribution in [0.1, 0.15) is 133 Å². The molecule has 294 valence electrons. The number of aliphatic hydroxyl groups is 3. The minimum atomic E-state index is -1.83. The monoisotopic (exact) mass is 734 g/mol. The van der Waals surface area contributed by atoms with Crippen LogP contribution in [0.4, 0.5) is 0 Å². The van der Waals surface area contributed by atoms with Gasteiger partial charge in [-0.2, -0.15) is 0 Å². The summed E-state index contributed by atoms with van der Waals surface area (Å²) in [6.07, 6.45) is 0.335. The van der Waals surface area contributed by atoms with Gasteiger partial charge in [0.05, 0.1) is 30.1 Å². The number of aliphatic hydroxyl groups excluding tert-OH is 1. The molecular formula is C40H62O12. The summed E-state index contributed by atoms with van der Waals surface area (Å²) in [5.74, 6) is -3.15. The second-order valence-electron chi connectivity index (χ2n) is 18.8. The Morgan fingerprint density at radius 2 is 1.50 bits per heavy atom. The van der Waals surface area contributed by atoms with Crippen molar-refractivity contribution in [3.05, 3.63) is 11.1 Å². The summed E-state index contributed by atoms with van der Waals surface area (Å²) in [6.45, 7) is 18.1. The minimum absolute atomic E-state index is 0.00337. The van der Waals surface area contributed by atoms with Gasteiger partial charge in [-0.15, -0.1) is 0 Å². The van der Waals surface area contributed by atoms with Crippen LogP contribution in [0, 0.1) is 39.4 Å². The van der Waals surface area contributed by atoms with E-state index in [1.165, 1.54) is 31.9 Å². The molecule has 0 aromatic rings. The van der Waals surface area contributed by atoms with Crippen LogP contribution in [-0.4, -0.2) is 86.2 Å². The molecule has 1 aliphatic heterocycles. The fourth-order valence-electron chi connectivity index (χ4n) is 12.0. The molecule has 52 heavy (non-hydrogen) atoms. The van der Waals surface area contributed by atoms with Gasteiger partial charge in [0, 0.05) is 37.0 Å². The number of carboxylic acid groups (broad SMARTS) is 1. The molecule has 2 saturated carbocycles. The summed E-state index contributed by atoms with van der Waals surface area (Å²) >= 11 is 0. The highest BCUT2D eigenvalue weighted by Gasteiger charge is 2.69. The number of carboxylic acids is 1. The van der Waals surface area contributed by atoms with E-state index in [1.807, 2.05) is 13.8 Å². The molecule has 0 unspecified atom stereocenters. The normalized spacial score (nSPS) is 41.1. The van der Waals surface area contributed by atoms with Gasteiger partial charge >= 0.3 is 23.9 Å². The van der Waals surface area contributed by atoms with E-state index >= 15 is 0 Å². The fraction of sp³-hybridized carbons (Fsp3) is 0.850. The maximum absolute atomic E-state index is 13.4. The summed E-state index contributed by atoms with van der Waals surface area (Å²) < 4.78 is 24.4. The highest BCUT2D eigenvalue weighted by atomic mass is 16.6. The Morgan fingerprint density at radius 1 is 0.865 bits per heavy atom. The van der Waals surface area contributed by atoms with Crippen LogP contribution in [0.2, 0.25) is 0 Å². The van der Waals surface area contributed by atoms with Crippen molar-refractivity contribution in [3.8, 4) is 0 Å². The number of rotatable bonds is 9. The van der Waals surface area contributed by atoms with Crippen molar-refractivity contribution in [1.82, 2.24) is 0 Å². The second kappa shape index (κ2) is 13.6. The van der Waals surface area contributed by atoms with E-state index in [4.69, 9.17) is 18.9 Å². The van der Waals surface area contributed by atoms with Gasteiger partial charge in [-0.3, -0.25) is 19.2 Å². The number of hydrogen-bond acceptors (Lipinski definition) is 11. The van der Waals surface area contributed by atoms with Gasteiger partial charge in [-0.1, -0.05) is 45.8 Å². The molecule has 3 fully saturated rings. The zero-order chi connectivity index (χ0) is 39.0. The van der Waals surface area contributed by atoms with Crippen molar-refractivity contribution in [2.45, 2.75) is 175 Å². The third-order valence-corrected chi connectivity index (χ3v) is 14.4. The molecule has 12 atom stereocenters. The first-order valence-corrected chi connectivity index (χ1v) is 19.0. The van der Waals surface area contributed by atoms with Gasteiger partial charge < -0.3 is 39.4 Å². The number of allylic oxidation sites excluding steroid dienone is 1. The lowest BCUT2D eigenvalue weighted by molar-refractivity contribution is -0.252. The number of hydrogen-bond donors (Lipinski definition) is 4. The first kappa shape index (κ1) is 40.6. The zero-order valence-corrected chi connectivity index (χ0v) is 32.7. The predicted molar refractivity (Wildman–Crippen MR) is 188 cm³/mol. The smallest absolute Gasteiger partial charge is 0.309 e. The summed E-state index contributed by atoms with van der Waals surface area (Å²) in [7, 11) is 0. The Morgan fingerprint density at radius 3 is 2.06 bits per heavy atom. The molecule has 0 aromatic heterocycles. The quantitative estimate of drug-likeness (QED) is 0.138. The van der Waals surface area contributed by atoms with E-state index in [9.17, 15) is 39.6 Å². The Labute approximate surface area is 308 Å². The summed E-state index contributed by atoms with van der Waals surface area (Å²) in [5.41, 5.74) is -2.60. The topological polar surface area (TPSA) is 186 Å². The summed E-state index contributed by atoms with van der Waals surface area (Å²) in [5, 5.41) is 42.0. The molecule has 12 heteroatoms. The van der Waals surface area contributed by atoms with Gasteiger partial charge in [-0.05, 0) is 88.4 Å². The second-order valence-corrected chi connectivity index (χ2v) is 18.8. The van der Waals surface area contributed by atoms with Gasteiger partial charge in [0.25, 0.3) is 0 Å². The van der Waals surface area contributed by atoms with Gasteiger partial charge in [0.2, 0.25) is 0 Å². The van der Waals surface area contributed by atoms with E-state index in [2.05, 4.69) is 20.8 Å². The average Bonchev–Trinajstić information content (AvgIpc) is 3.25. The fourth-order valence-corrected chi connectivity index (χ4v) is 12.0. The van der Waals surface area contributed by atoms with Crippen molar-refractivity contribution in [2.75, 3.05) is 0 Å². The minimum Gasteiger partial charge on any atom is -0.481 e. The van der Waals surface area contributed by atoms with Gasteiger partial charge in [-0.25, -0.2) is 0 Å². The van der Waals surface area contributed by atoms with E-state index in [-0.39, 0.29) is 23.7 Å². The SMILES string of the molecule is CC(=O)O[C@H]1CC2=C(CC[C@H]3C(C)(C)[C@@H](OC(C)=O)[C@H](OC(=O)C[C@@](C)(O)CC(=O)O)C[C@]23C)[C@]2(C)CC[C@H]([C@H]3CC[C@H](C(C)(C)O)O[C@@H]3O)[C@@]12C. The maximum Gasteiger partial charge on any atom is 0.309 e. The molecule has 0 bridgehead atoms. The summed E-state index contributed by atoms with van der Waals surface area (Å²) in [6, 6.07) is 0. The molecule has 1 heterocycles. The van der Waals surface area contributed by atoms with E-state index in [0.717, 1.165) is 25.7 Å². The molecule has 0 aromatic carbocycles. The third kappa shape index (κ3) is 6.94. The van der Waals surface area contributed by atoms with Crippen LogP contribution in [0.25, 0.3) is 0 Å². The standard InChI is InChI=1S/C40H62O12/c1-21(41)49-30-17-26-25(39(9)16-15-24(40(30,39)10)23-11-14-29(36(5,6)47)52-34(23)46)12-13-28-35(3,4)33(50-22(2)42)27(18-38(26,28)8)51-32(45)20-37(7,48)19-31(43)44/h23-24,27-30,33-34,46-48H,11-20H2,1-10H3,(H,43,44)/t23-,24-,27-,28+,29-,30+,33+,34+,37+,38-,39+,40+/m1/s1. The maximum atomic E-state index is 13.4. The van der Waals surface area contributed by atoms with Crippen LogP contribution in [-0.2, 0) is 38.1 Å². The lowest BCUT2D eigenvalue weighted by atomic mass is 9.42. The van der Waals surface area contributed by atoms with E-state index in [0.29, 0.717) is 25.7 Å². The van der Waals surface area contributed by atoms with Crippen molar-refractivity contribution in [1.29, 1.82) is 0 Å². The zero-order valence-electron chi connectivity index (χ0n) is 32.7. The predicted octanol–water partition coefficient (Wildman–Crippen LogP) is 5.23. The number of carbonyl (C=O) groups excluding carboxylic acids is 3. The largest absolute Gasteiger partial charge is 0.481 e. The van der Waals surface area contributed by atoms with Crippen LogP contribution < -0.4 is 0 Å². The average molecular weight is 735 g/mol. The lowest BCUT2D eigenvalue weighted by Gasteiger charge is -2.64. The molecule has 5 rings (SSSR count). The molecule has 0 spiro atoms. The Bertz CT molecular complexity index is 1470. The van der Waals surface area contributed by atoms with Crippen LogP contribution >= 0.6 is 0 Å². The number of aliphatic carboxylic acids is 1. The van der Waals surface area contributed by atoms with Gasteiger partial charge in [0.15, 0.2) is 6.29 Å². The first-order chi connectivity index (χ1) is 23.8. The number of esters is 3.